The number of carbonyl (C=O) groups is 1. The van der Waals surface area contributed by atoms with Gasteiger partial charge in [0.25, 0.3) is 0 Å². The molecule has 64 valence electrons. The summed E-state index contributed by atoms with van der Waals surface area (Å²) in [6.07, 6.45) is 6.15. The molecule has 0 saturated carbocycles. The lowest BCUT2D eigenvalue weighted by molar-refractivity contribution is 0.112. The van der Waals surface area contributed by atoms with Crippen LogP contribution in [-0.4, -0.2) is 12.5 Å². The fourth-order valence-electron chi connectivity index (χ4n) is 1.26. The van der Waals surface area contributed by atoms with E-state index in [0.717, 1.165) is 17.5 Å². The molecule has 1 aliphatic heterocycles. The molecule has 0 saturated heterocycles. The van der Waals surface area contributed by atoms with Crippen LogP contribution in [0, 0.1) is 0 Å². The number of anilines is 1. The number of allylic oxidation sites excluding steroid dienone is 1. The van der Waals surface area contributed by atoms with Crippen LogP contribution in [0.5, 0.6) is 0 Å². The second kappa shape index (κ2) is 3.23. The quantitative estimate of drug-likeness (QED) is 0.657. The molecular weight excluding hydrogens is 164 g/mol. The number of hydrogen-bond donors (Lipinski definition) is 1. The van der Waals surface area contributed by atoms with E-state index in [9.17, 15) is 4.79 Å². The van der Waals surface area contributed by atoms with Crippen LogP contribution < -0.4 is 5.43 Å². The maximum absolute atomic E-state index is 10.7. The number of carbonyl (C=O) groups excluding carboxylic acids is 1. The molecule has 2 rings (SSSR count). The molecule has 1 aromatic rings. The van der Waals surface area contributed by atoms with E-state index < -0.39 is 0 Å². The van der Waals surface area contributed by atoms with Crippen molar-refractivity contribution >= 4 is 24.3 Å². The molecule has 0 fully saturated rings. The average molecular weight is 172 g/mol. The first-order chi connectivity index (χ1) is 6.42. The van der Waals surface area contributed by atoms with Crippen molar-refractivity contribution in [2.75, 3.05) is 5.43 Å². The van der Waals surface area contributed by atoms with E-state index >= 15 is 0 Å². The first-order valence-corrected chi connectivity index (χ1v) is 3.96. The highest BCUT2D eigenvalue weighted by atomic mass is 16.1. The molecule has 13 heavy (non-hydrogen) atoms. The largest absolute Gasteiger partial charge is 0.298 e. The summed E-state index contributed by atoms with van der Waals surface area (Å²) < 4.78 is 0. The van der Waals surface area contributed by atoms with Crippen molar-refractivity contribution < 1.29 is 4.79 Å². The van der Waals surface area contributed by atoms with Crippen molar-refractivity contribution in [3.63, 3.8) is 0 Å². The lowest BCUT2D eigenvalue weighted by atomic mass is 10.1. The number of hydrogen-bond acceptors (Lipinski definition) is 3. The molecular formula is C10H8N2O. The summed E-state index contributed by atoms with van der Waals surface area (Å²) in [5.74, 6) is 0. The first kappa shape index (κ1) is 7.73. The third kappa shape index (κ3) is 1.36. The van der Waals surface area contributed by atoms with Gasteiger partial charge in [-0.2, -0.15) is 5.10 Å². The van der Waals surface area contributed by atoms with Crippen LogP contribution in [0.15, 0.2) is 29.4 Å². The Morgan fingerprint density at radius 3 is 3.15 bits per heavy atom. The predicted octanol–water partition coefficient (Wildman–Crippen LogP) is 1.92. The highest BCUT2D eigenvalue weighted by molar-refractivity contribution is 5.91. The van der Waals surface area contributed by atoms with Gasteiger partial charge in [0.2, 0.25) is 0 Å². The number of nitrogens with zero attached hydrogens (tertiary/aromatic N) is 1. The molecule has 0 aromatic heterocycles. The number of rotatable bonds is 1. The fourth-order valence-corrected chi connectivity index (χ4v) is 1.26. The summed E-state index contributed by atoms with van der Waals surface area (Å²) >= 11 is 0. The van der Waals surface area contributed by atoms with E-state index in [4.69, 9.17) is 0 Å². The lowest BCUT2D eigenvalue weighted by Crippen LogP contribution is -1.93. The Balaban J connectivity index is 2.61. The SMILES string of the molecule is O=Cc1cccc2c1C=CC=NN2. The number of fused-ring (bicyclic) bond motifs is 1. The van der Waals surface area contributed by atoms with Gasteiger partial charge in [-0.15, -0.1) is 0 Å². The number of aldehydes is 1. The minimum atomic E-state index is 0.673. The van der Waals surface area contributed by atoms with E-state index in [-0.39, 0.29) is 0 Å². The Morgan fingerprint density at radius 2 is 2.31 bits per heavy atom. The van der Waals surface area contributed by atoms with Crippen molar-refractivity contribution in [3.8, 4) is 0 Å². The molecule has 0 spiro atoms. The number of benzene rings is 1. The van der Waals surface area contributed by atoms with E-state index in [1.54, 1.807) is 18.4 Å². The Kier molecular flexibility index (Phi) is 1.92. The zero-order valence-electron chi connectivity index (χ0n) is 6.90. The molecule has 1 N–H and O–H groups in total. The van der Waals surface area contributed by atoms with Gasteiger partial charge in [-0.3, -0.25) is 10.2 Å². The van der Waals surface area contributed by atoms with Gasteiger partial charge in [0.05, 0.1) is 5.69 Å². The lowest BCUT2D eigenvalue weighted by Gasteiger charge is -2.04. The molecule has 0 amide bonds. The summed E-state index contributed by atoms with van der Waals surface area (Å²) in [5, 5.41) is 3.91. The van der Waals surface area contributed by atoms with Gasteiger partial charge >= 0.3 is 0 Å². The predicted molar refractivity (Wildman–Crippen MR) is 53.0 cm³/mol. The minimum absolute atomic E-state index is 0.673. The van der Waals surface area contributed by atoms with Crippen molar-refractivity contribution in [3.05, 3.63) is 35.4 Å². The van der Waals surface area contributed by atoms with Gasteiger partial charge < -0.3 is 0 Å². The van der Waals surface area contributed by atoms with Crippen LogP contribution in [0.4, 0.5) is 5.69 Å². The highest BCUT2D eigenvalue weighted by Crippen LogP contribution is 2.21. The van der Waals surface area contributed by atoms with Crippen molar-refractivity contribution in [2.45, 2.75) is 0 Å². The maximum atomic E-state index is 10.7. The van der Waals surface area contributed by atoms with Crippen LogP contribution >= 0.6 is 0 Å². The maximum Gasteiger partial charge on any atom is 0.150 e. The third-order valence-electron chi connectivity index (χ3n) is 1.88. The van der Waals surface area contributed by atoms with Crippen LogP contribution in [-0.2, 0) is 0 Å². The molecule has 3 heteroatoms. The average Bonchev–Trinajstić information content (AvgIpc) is 2.41. The van der Waals surface area contributed by atoms with Crippen molar-refractivity contribution in [1.82, 2.24) is 0 Å². The zero-order valence-corrected chi connectivity index (χ0v) is 6.90. The Bertz CT molecular complexity index is 394. The standard InChI is InChI=1S/C10H8N2O/c13-7-8-3-1-5-10-9(8)4-2-6-11-12-10/h1-7,12H. The Labute approximate surface area is 75.8 Å². The van der Waals surface area contributed by atoms with Crippen LogP contribution in [0.1, 0.15) is 15.9 Å². The third-order valence-corrected chi connectivity index (χ3v) is 1.88. The van der Waals surface area contributed by atoms with Crippen LogP contribution in [0.25, 0.3) is 6.08 Å². The smallest absolute Gasteiger partial charge is 0.150 e. The van der Waals surface area contributed by atoms with Gasteiger partial charge in [0.15, 0.2) is 6.29 Å². The number of hydrazone groups is 1. The minimum Gasteiger partial charge on any atom is -0.298 e. The monoisotopic (exact) mass is 172 g/mol. The van der Waals surface area contributed by atoms with E-state index in [0.29, 0.717) is 5.56 Å². The van der Waals surface area contributed by atoms with Gasteiger partial charge in [-0.25, -0.2) is 0 Å². The summed E-state index contributed by atoms with van der Waals surface area (Å²) in [6, 6.07) is 5.49. The molecule has 3 nitrogen and oxygen atoms in total. The molecule has 0 unspecified atom stereocenters. The summed E-state index contributed by atoms with van der Waals surface area (Å²) in [4.78, 5) is 10.7. The van der Waals surface area contributed by atoms with Crippen molar-refractivity contribution in [2.24, 2.45) is 5.10 Å². The molecule has 0 radical (unpaired) electrons. The highest BCUT2D eigenvalue weighted by Gasteiger charge is 2.04. The van der Waals surface area contributed by atoms with E-state index in [1.165, 1.54) is 0 Å². The summed E-state index contributed by atoms with van der Waals surface area (Å²) in [7, 11) is 0. The summed E-state index contributed by atoms with van der Waals surface area (Å²) in [5.41, 5.74) is 5.26. The second-order valence-electron chi connectivity index (χ2n) is 2.68. The second-order valence-corrected chi connectivity index (χ2v) is 2.68. The molecule has 1 aliphatic rings. The molecule has 1 aromatic carbocycles. The van der Waals surface area contributed by atoms with Crippen LogP contribution in [0.2, 0.25) is 0 Å². The Hall–Kier alpha value is -1.90. The molecule has 0 bridgehead atoms. The van der Waals surface area contributed by atoms with Gasteiger partial charge in [-0.05, 0) is 12.1 Å². The number of nitrogens with one attached hydrogen (secondary N) is 1. The fraction of sp³-hybridized carbons (Fsp3) is 0. The molecule has 0 aliphatic carbocycles. The van der Waals surface area contributed by atoms with Gasteiger partial charge in [-0.1, -0.05) is 18.2 Å². The Morgan fingerprint density at radius 1 is 1.38 bits per heavy atom. The van der Waals surface area contributed by atoms with Gasteiger partial charge in [0.1, 0.15) is 0 Å². The first-order valence-electron chi connectivity index (χ1n) is 3.96. The topological polar surface area (TPSA) is 41.5 Å². The van der Waals surface area contributed by atoms with E-state index in [1.807, 2.05) is 18.2 Å². The van der Waals surface area contributed by atoms with Crippen LogP contribution in [0.3, 0.4) is 0 Å². The molecule has 1 heterocycles. The van der Waals surface area contributed by atoms with Gasteiger partial charge in [0, 0.05) is 17.3 Å². The summed E-state index contributed by atoms with van der Waals surface area (Å²) in [6.45, 7) is 0. The van der Waals surface area contributed by atoms with Crippen molar-refractivity contribution in [1.29, 1.82) is 0 Å². The zero-order chi connectivity index (χ0) is 9.10. The van der Waals surface area contributed by atoms with E-state index in [2.05, 4.69) is 10.5 Å². The normalized spacial score (nSPS) is 12.9. The molecule has 0 atom stereocenters.